The third-order valence-electron chi connectivity index (χ3n) is 5.23. The van der Waals surface area contributed by atoms with E-state index in [-0.39, 0.29) is 11.7 Å². The summed E-state index contributed by atoms with van der Waals surface area (Å²) in [5.41, 5.74) is -1.14. The van der Waals surface area contributed by atoms with Gasteiger partial charge in [-0.1, -0.05) is 12.5 Å². The first-order valence-electron chi connectivity index (χ1n) is 8.48. The number of fused-ring (bicyclic) bond motifs is 2. The molecule has 0 spiro atoms. The average molecular weight is 390 g/mol. The van der Waals surface area contributed by atoms with Crippen molar-refractivity contribution >= 4 is 21.6 Å². The van der Waals surface area contributed by atoms with E-state index in [1.54, 1.807) is 0 Å². The first-order chi connectivity index (χ1) is 12.0. The van der Waals surface area contributed by atoms with E-state index >= 15 is 0 Å². The number of halogens is 3. The lowest BCUT2D eigenvalue weighted by Crippen LogP contribution is -2.45. The Morgan fingerprint density at radius 2 is 2.00 bits per heavy atom. The maximum Gasteiger partial charge on any atom is 0.416 e. The lowest BCUT2D eigenvalue weighted by atomic mass is 9.95. The minimum Gasteiger partial charge on any atom is -0.352 e. The molecule has 1 N–H and O–H groups in total. The Kier molecular flexibility index (Phi) is 4.94. The number of nitrogens with one attached hydrogen (secondary N) is 1. The molecule has 0 unspecified atom stereocenters. The van der Waals surface area contributed by atoms with Crippen molar-refractivity contribution in [2.45, 2.75) is 37.9 Å². The number of hydrogen-bond acceptors (Lipinski definition) is 3. The van der Waals surface area contributed by atoms with Crippen molar-refractivity contribution in [3.05, 3.63) is 29.8 Å². The van der Waals surface area contributed by atoms with Gasteiger partial charge in [-0.3, -0.25) is 9.10 Å². The third-order valence-corrected chi connectivity index (χ3v) is 6.37. The minimum atomic E-state index is -4.59. The fourth-order valence-corrected chi connectivity index (χ4v) is 4.89. The van der Waals surface area contributed by atoms with Gasteiger partial charge in [-0.05, 0) is 49.3 Å². The van der Waals surface area contributed by atoms with Gasteiger partial charge in [0.1, 0.15) is 6.54 Å². The lowest BCUT2D eigenvalue weighted by Gasteiger charge is -2.26. The molecule has 0 aliphatic heterocycles. The number of amides is 1. The van der Waals surface area contributed by atoms with E-state index < -0.39 is 34.2 Å². The third kappa shape index (κ3) is 4.13. The minimum absolute atomic E-state index is 0.0316. The summed E-state index contributed by atoms with van der Waals surface area (Å²) in [6.45, 7) is -0.534. The van der Waals surface area contributed by atoms with Crippen LogP contribution in [0.15, 0.2) is 24.3 Å². The number of nitrogens with zero attached hydrogens (tertiary/aromatic N) is 1. The largest absolute Gasteiger partial charge is 0.416 e. The number of carbonyl (C=O) groups excluding carboxylic acids is 1. The second kappa shape index (κ2) is 6.75. The van der Waals surface area contributed by atoms with E-state index in [4.69, 9.17) is 0 Å². The summed E-state index contributed by atoms with van der Waals surface area (Å²) in [5.74, 6) is 0.536. The standard InChI is InChI=1S/C17H21F3N2O3S/c1-26(24,25)22(14-4-2-3-13(9-14)17(18,19)20)10-16(23)21-15-8-11-5-6-12(15)7-11/h2-4,9,11-12,15H,5-8,10H2,1H3,(H,21,23)/t11-,12-,15+/m0/s1. The summed E-state index contributed by atoms with van der Waals surface area (Å²) in [6, 6.07) is 4.01. The molecule has 0 saturated heterocycles. The average Bonchev–Trinajstić information content (AvgIpc) is 3.13. The van der Waals surface area contributed by atoms with Crippen LogP contribution in [0.1, 0.15) is 31.2 Å². The highest BCUT2D eigenvalue weighted by atomic mass is 32.2. The molecule has 1 amide bonds. The summed E-state index contributed by atoms with van der Waals surface area (Å²) in [4.78, 5) is 12.3. The Morgan fingerprint density at radius 1 is 1.27 bits per heavy atom. The van der Waals surface area contributed by atoms with Crippen LogP contribution in [-0.2, 0) is 21.0 Å². The molecule has 26 heavy (non-hydrogen) atoms. The van der Waals surface area contributed by atoms with Crippen molar-refractivity contribution in [1.29, 1.82) is 0 Å². The monoisotopic (exact) mass is 390 g/mol. The van der Waals surface area contributed by atoms with Crippen molar-refractivity contribution in [3.63, 3.8) is 0 Å². The van der Waals surface area contributed by atoms with Gasteiger partial charge in [0, 0.05) is 6.04 Å². The van der Waals surface area contributed by atoms with Gasteiger partial charge in [-0.15, -0.1) is 0 Å². The maximum atomic E-state index is 12.9. The molecular weight excluding hydrogens is 369 g/mol. The summed E-state index contributed by atoms with van der Waals surface area (Å²) >= 11 is 0. The molecule has 3 rings (SSSR count). The molecule has 0 radical (unpaired) electrons. The predicted molar refractivity (Wildman–Crippen MR) is 91.0 cm³/mol. The van der Waals surface area contributed by atoms with Gasteiger partial charge in [-0.2, -0.15) is 13.2 Å². The fourth-order valence-electron chi connectivity index (χ4n) is 4.04. The topological polar surface area (TPSA) is 66.5 Å². The van der Waals surface area contributed by atoms with Gasteiger partial charge in [0.2, 0.25) is 15.9 Å². The van der Waals surface area contributed by atoms with Crippen LogP contribution in [0, 0.1) is 11.8 Å². The quantitative estimate of drug-likeness (QED) is 0.841. The van der Waals surface area contributed by atoms with E-state index in [0.717, 1.165) is 50.1 Å². The molecule has 1 aromatic rings. The SMILES string of the molecule is CS(=O)(=O)N(CC(=O)N[C@@H]1C[C@H]2CC[C@H]1C2)c1cccc(C(F)(F)F)c1. The van der Waals surface area contributed by atoms with Gasteiger partial charge in [0.25, 0.3) is 0 Å². The highest BCUT2D eigenvalue weighted by Crippen LogP contribution is 2.44. The van der Waals surface area contributed by atoms with Gasteiger partial charge in [0.05, 0.1) is 17.5 Å². The number of sulfonamides is 1. The highest BCUT2D eigenvalue weighted by Gasteiger charge is 2.40. The summed E-state index contributed by atoms with van der Waals surface area (Å²) < 4.78 is 63.5. The summed E-state index contributed by atoms with van der Waals surface area (Å²) in [5, 5.41) is 2.86. The zero-order chi connectivity index (χ0) is 19.1. The van der Waals surface area contributed by atoms with E-state index in [1.165, 1.54) is 6.07 Å². The van der Waals surface area contributed by atoms with E-state index in [2.05, 4.69) is 5.32 Å². The zero-order valence-electron chi connectivity index (χ0n) is 14.3. The fraction of sp³-hybridized carbons (Fsp3) is 0.588. The first-order valence-corrected chi connectivity index (χ1v) is 10.3. The Hall–Kier alpha value is -1.77. The van der Waals surface area contributed by atoms with Crippen LogP contribution in [0.2, 0.25) is 0 Å². The normalized spacial score (nSPS) is 25.3. The van der Waals surface area contributed by atoms with Crippen LogP contribution in [0.3, 0.4) is 0 Å². The predicted octanol–water partition coefficient (Wildman–Crippen LogP) is 2.78. The molecule has 0 heterocycles. The Bertz CT molecular complexity index is 795. The molecule has 3 atom stereocenters. The molecule has 2 saturated carbocycles. The zero-order valence-corrected chi connectivity index (χ0v) is 15.1. The van der Waals surface area contributed by atoms with Crippen molar-refractivity contribution in [2.24, 2.45) is 11.8 Å². The smallest absolute Gasteiger partial charge is 0.352 e. The van der Waals surface area contributed by atoms with Crippen LogP contribution < -0.4 is 9.62 Å². The van der Waals surface area contributed by atoms with Crippen LogP contribution in [0.5, 0.6) is 0 Å². The van der Waals surface area contributed by atoms with E-state index in [1.807, 2.05) is 0 Å². The molecule has 144 valence electrons. The molecule has 2 bridgehead atoms. The number of alkyl halides is 3. The number of rotatable bonds is 5. The second-order valence-electron chi connectivity index (χ2n) is 7.17. The Balaban J connectivity index is 1.76. The van der Waals surface area contributed by atoms with Crippen LogP contribution >= 0.6 is 0 Å². The van der Waals surface area contributed by atoms with Gasteiger partial charge in [0.15, 0.2) is 0 Å². The number of benzene rings is 1. The second-order valence-corrected chi connectivity index (χ2v) is 9.07. The number of hydrogen-bond donors (Lipinski definition) is 1. The molecular formula is C17H21F3N2O3S. The Labute approximate surface area is 150 Å². The van der Waals surface area contributed by atoms with E-state index in [9.17, 15) is 26.4 Å². The summed E-state index contributed by atoms with van der Waals surface area (Å²) in [6.07, 6.45) is 0.464. The van der Waals surface area contributed by atoms with Gasteiger partial charge >= 0.3 is 6.18 Å². The Morgan fingerprint density at radius 3 is 2.54 bits per heavy atom. The molecule has 5 nitrogen and oxygen atoms in total. The molecule has 0 aromatic heterocycles. The van der Waals surface area contributed by atoms with Crippen LogP contribution in [0.25, 0.3) is 0 Å². The lowest BCUT2D eigenvalue weighted by molar-refractivity contribution is -0.137. The van der Waals surface area contributed by atoms with E-state index in [0.29, 0.717) is 16.1 Å². The number of carbonyl (C=O) groups is 1. The molecule has 2 aliphatic rings. The maximum absolute atomic E-state index is 12.9. The van der Waals surface area contributed by atoms with Crippen molar-refractivity contribution < 1.29 is 26.4 Å². The highest BCUT2D eigenvalue weighted by molar-refractivity contribution is 7.92. The molecule has 9 heteroatoms. The molecule has 2 fully saturated rings. The van der Waals surface area contributed by atoms with Crippen LogP contribution in [0.4, 0.5) is 18.9 Å². The van der Waals surface area contributed by atoms with Crippen LogP contribution in [-0.4, -0.2) is 33.2 Å². The van der Waals surface area contributed by atoms with Crippen molar-refractivity contribution in [1.82, 2.24) is 5.32 Å². The molecule has 2 aliphatic carbocycles. The van der Waals surface area contributed by atoms with Crippen molar-refractivity contribution in [2.75, 3.05) is 17.1 Å². The number of anilines is 1. The molecule has 1 aromatic carbocycles. The first kappa shape index (κ1) is 19.0. The van der Waals surface area contributed by atoms with Gasteiger partial charge < -0.3 is 5.32 Å². The summed E-state index contributed by atoms with van der Waals surface area (Å²) in [7, 11) is -3.91. The van der Waals surface area contributed by atoms with Gasteiger partial charge in [-0.25, -0.2) is 8.42 Å². The van der Waals surface area contributed by atoms with Crippen molar-refractivity contribution in [3.8, 4) is 0 Å².